The molecular formula is C22H24N4O3. The Bertz CT molecular complexity index is 1090. The largest absolute Gasteiger partial charge is 0.497 e. The molecule has 0 aliphatic heterocycles. The summed E-state index contributed by atoms with van der Waals surface area (Å²) in [6.07, 6.45) is 6.82. The summed E-state index contributed by atoms with van der Waals surface area (Å²) < 4.78 is 6.89. The number of carbonyl (C=O) groups excluding carboxylic acids is 1. The van der Waals surface area contributed by atoms with Crippen LogP contribution in [-0.4, -0.2) is 27.6 Å². The van der Waals surface area contributed by atoms with E-state index in [1.165, 1.54) is 6.42 Å². The molecule has 0 spiro atoms. The fourth-order valence-electron chi connectivity index (χ4n) is 3.91. The quantitative estimate of drug-likeness (QED) is 0.720. The number of nitrogens with zero attached hydrogens (tertiary/aromatic N) is 3. The first kappa shape index (κ1) is 19.1. The zero-order chi connectivity index (χ0) is 20.2. The van der Waals surface area contributed by atoms with E-state index in [0.29, 0.717) is 16.9 Å². The predicted molar refractivity (Wildman–Crippen MR) is 110 cm³/mol. The number of fused-ring (bicyclic) bond motifs is 1. The zero-order valence-corrected chi connectivity index (χ0v) is 16.4. The van der Waals surface area contributed by atoms with Gasteiger partial charge in [0, 0.05) is 18.8 Å². The number of methoxy groups -OCH3 is 1. The van der Waals surface area contributed by atoms with Gasteiger partial charge in [-0.2, -0.15) is 0 Å². The van der Waals surface area contributed by atoms with Crippen molar-refractivity contribution in [2.24, 2.45) is 0 Å². The molecule has 0 radical (unpaired) electrons. The lowest BCUT2D eigenvalue weighted by Gasteiger charge is -2.25. The van der Waals surface area contributed by atoms with Gasteiger partial charge in [-0.05, 0) is 42.7 Å². The number of aromatic nitrogens is 3. The molecule has 4 rings (SSSR count). The van der Waals surface area contributed by atoms with Gasteiger partial charge in [0.15, 0.2) is 11.3 Å². The van der Waals surface area contributed by atoms with E-state index in [4.69, 9.17) is 4.74 Å². The molecule has 0 bridgehead atoms. The molecule has 29 heavy (non-hydrogen) atoms. The van der Waals surface area contributed by atoms with Gasteiger partial charge in [0.05, 0.1) is 7.11 Å². The second-order valence-corrected chi connectivity index (χ2v) is 7.31. The Kier molecular flexibility index (Phi) is 5.55. The number of ether oxygens (including phenoxy) is 1. The molecule has 150 valence electrons. The fraction of sp³-hybridized carbons (Fsp3) is 0.364. The molecule has 3 aromatic rings. The first-order chi connectivity index (χ1) is 14.2. The highest BCUT2D eigenvalue weighted by Crippen LogP contribution is 2.28. The summed E-state index contributed by atoms with van der Waals surface area (Å²) in [6.45, 7) is 0.283. The average Bonchev–Trinajstić information content (AvgIpc) is 2.77. The fourth-order valence-corrected chi connectivity index (χ4v) is 3.91. The minimum absolute atomic E-state index is 0.0570. The van der Waals surface area contributed by atoms with Crippen molar-refractivity contribution in [1.29, 1.82) is 0 Å². The maximum absolute atomic E-state index is 13.2. The first-order valence-electron chi connectivity index (χ1n) is 9.96. The van der Waals surface area contributed by atoms with E-state index in [0.717, 1.165) is 31.2 Å². The average molecular weight is 392 g/mol. The Balaban J connectivity index is 1.66. The third-order valence-corrected chi connectivity index (χ3v) is 5.39. The molecule has 0 unspecified atom stereocenters. The van der Waals surface area contributed by atoms with Crippen LogP contribution in [0.3, 0.4) is 0 Å². The molecule has 1 N–H and O–H groups in total. The molecular weight excluding hydrogens is 368 g/mol. The van der Waals surface area contributed by atoms with Gasteiger partial charge in [0.2, 0.25) is 0 Å². The maximum atomic E-state index is 13.2. The van der Waals surface area contributed by atoms with E-state index >= 15 is 0 Å². The number of benzene rings is 1. The summed E-state index contributed by atoms with van der Waals surface area (Å²) in [4.78, 5) is 34.8. The molecule has 1 aliphatic carbocycles. The molecule has 1 fully saturated rings. The normalized spacial score (nSPS) is 14.7. The highest BCUT2D eigenvalue weighted by atomic mass is 16.5. The summed E-state index contributed by atoms with van der Waals surface area (Å²) in [5, 5.41) is 2.81. The molecule has 7 heteroatoms. The van der Waals surface area contributed by atoms with Crippen LogP contribution in [-0.2, 0) is 6.54 Å². The Morgan fingerprint density at radius 1 is 1.21 bits per heavy atom. The lowest BCUT2D eigenvalue weighted by Crippen LogP contribution is -2.36. The Labute approximate surface area is 168 Å². The Morgan fingerprint density at radius 3 is 2.83 bits per heavy atom. The van der Waals surface area contributed by atoms with Gasteiger partial charge in [0.25, 0.3) is 11.5 Å². The highest BCUT2D eigenvalue weighted by molar-refractivity contribution is 5.93. The van der Waals surface area contributed by atoms with Gasteiger partial charge in [-0.1, -0.05) is 31.4 Å². The number of amides is 1. The van der Waals surface area contributed by atoms with E-state index in [1.54, 1.807) is 30.0 Å². The van der Waals surface area contributed by atoms with Crippen LogP contribution in [0.15, 0.2) is 47.4 Å². The van der Waals surface area contributed by atoms with Crippen molar-refractivity contribution in [3.8, 4) is 5.75 Å². The van der Waals surface area contributed by atoms with Crippen LogP contribution >= 0.6 is 0 Å². The topological polar surface area (TPSA) is 86.1 Å². The standard InChI is InChI=1S/C22H24N4O3/c1-29-17-10-5-7-15(13-17)14-24-21(27)19-22(28)26(16-8-3-2-4-9-16)20-18(25-19)11-6-12-23-20/h5-7,10-13,16H,2-4,8-9,14H2,1H3,(H,24,27). The van der Waals surface area contributed by atoms with E-state index in [9.17, 15) is 9.59 Å². The van der Waals surface area contributed by atoms with E-state index < -0.39 is 5.91 Å². The number of rotatable bonds is 5. The summed E-state index contributed by atoms with van der Waals surface area (Å²) >= 11 is 0. The Morgan fingerprint density at radius 2 is 2.03 bits per heavy atom. The van der Waals surface area contributed by atoms with Crippen LogP contribution in [0.5, 0.6) is 5.75 Å². The van der Waals surface area contributed by atoms with Crippen molar-refractivity contribution in [2.45, 2.75) is 44.7 Å². The van der Waals surface area contributed by atoms with Crippen molar-refractivity contribution in [2.75, 3.05) is 7.11 Å². The van der Waals surface area contributed by atoms with Crippen molar-refractivity contribution >= 4 is 17.1 Å². The lowest BCUT2D eigenvalue weighted by atomic mass is 9.95. The summed E-state index contributed by atoms with van der Waals surface area (Å²) in [5.74, 6) is 0.236. The molecule has 7 nitrogen and oxygen atoms in total. The van der Waals surface area contributed by atoms with Gasteiger partial charge in [-0.25, -0.2) is 9.97 Å². The van der Waals surface area contributed by atoms with Crippen LogP contribution in [0.4, 0.5) is 0 Å². The third kappa shape index (κ3) is 3.99. The zero-order valence-electron chi connectivity index (χ0n) is 16.4. The third-order valence-electron chi connectivity index (χ3n) is 5.39. The summed E-state index contributed by atoms with van der Waals surface area (Å²) in [6, 6.07) is 11.0. The minimum Gasteiger partial charge on any atom is -0.497 e. The molecule has 0 atom stereocenters. The minimum atomic E-state index is -0.479. The molecule has 2 heterocycles. The number of hydrogen-bond acceptors (Lipinski definition) is 5. The lowest BCUT2D eigenvalue weighted by molar-refractivity contribution is 0.0943. The number of pyridine rings is 1. The van der Waals surface area contributed by atoms with Gasteiger partial charge in [-0.15, -0.1) is 0 Å². The Hall–Kier alpha value is -3.22. The monoisotopic (exact) mass is 392 g/mol. The first-order valence-corrected chi connectivity index (χ1v) is 9.96. The van der Waals surface area contributed by atoms with Crippen LogP contribution < -0.4 is 15.6 Å². The number of carbonyl (C=O) groups is 1. The van der Waals surface area contributed by atoms with Gasteiger partial charge in [-0.3, -0.25) is 14.2 Å². The van der Waals surface area contributed by atoms with Gasteiger partial charge < -0.3 is 10.1 Å². The molecule has 0 saturated heterocycles. The highest BCUT2D eigenvalue weighted by Gasteiger charge is 2.24. The molecule has 1 aliphatic rings. The van der Waals surface area contributed by atoms with Crippen molar-refractivity contribution in [3.63, 3.8) is 0 Å². The van der Waals surface area contributed by atoms with Crippen molar-refractivity contribution in [3.05, 3.63) is 64.2 Å². The molecule has 1 saturated carbocycles. The summed E-state index contributed by atoms with van der Waals surface area (Å²) in [5.41, 5.74) is 1.54. The summed E-state index contributed by atoms with van der Waals surface area (Å²) in [7, 11) is 1.60. The van der Waals surface area contributed by atoms with E-state index in [2.05, 4.69) is 15.3 Å². The van der Waals surface area contributed by atoms with Gasteiger partial charge >= 0.3 is 0 Å². The SMILES string of the molecule is COc1cccc(CNC(=O)c2nc3cccnc3n(C3CCCCC3)c2=O)c1. The van der Waals surface area contributed by atoms with E-state index in [-0.39, 0.29) is 23.8 Å². The molecule has 1 amide bonds. The van der Waals surface area contributed by atoms with E-state index in [1.807, 2.05) is 24.3 Å². The van der Waals surface area contributed by atoms with Crippen LogP contribution in [0.1, 0.15) is 54.2 Å². The second kappa shape index (κ2) is 8.43. The van der Waals surface area contributed by atoms with Crippen LogP contribution in [0.2, 0.25) is 0 Å². The van der Waals surface area contributed by atoms with Crippen LogP contribution in [0.25, 0.3) is 11.2 Å². The van der Waals surface area contributed by atoms with Crippen LogP contribution in [0, 0.1) is 0 Å². The maximum Gasteiger partial charge on any atom is 0.284 e. The smallest absolute Gasteiger partial charge is 0.284 e. The number of nitrogens with one attached hydrogen (secondary N) is 1. The predicted octanol–water partition coefficient (Wildman–Crippen LogP) is 3.24. The number of hydrogen-bond donors (Lipinski definition) is 1. The molecule has 2 aromatic heterocycles. The van der Waals surface area contributed by atoms with Crippen molar-refractivity contribution in [1.82, 2.24) is 19.9 Å². The van der Waals surface area contributed by atoms with Crippen molar-refractivity contribution < 1.29 is 9.53 Å². The molecule has 1 aromatic carbocycles. The second-order valence-electron chi connectivity index (χ2n) is 7.31. The van der Waals surface area contributed by atoms with Gasteiger partial charge in [0.1, 0.15) is 11.3 Å².